The van der Waals surface area contributed by atoms with Gasteiger partial charge in [0, 0.05) is 24.5 Å². The highest BCUT2D eigenvalue weighted by molar-refractivity contribution is 7.15. The van der Waals surface area contributed by atoms with Gasteiger partial charge in [-0.1, -0.05) is 0 Å². The van der Waals surface area contributed by atoms with E-state index in [1.165, 1.54) is 4.88 Å². The molecule has 1 aliphatic rings. The summed E-state index contributed by atoms with van der Waals surface area (Å²) in [5.74, 6) is 0. The Kier molecular flexibility index (Phi) is 3.47. The van der Waals surface area contributed by atoms with Crippen molar-refractivity contribution in [1.82, 2.24) is 4.98 Å². The SMILES string of the molecule is Cc1nc(N2C[C@@H](C)O[C@@H](C)C2)sc1CN. The highest BCUT2D eigenvalue weighted by Crippen LogP contribution is 2.27. The van der Waals surface area contributed by atoms with Crippen LogP contribution in [0.15, 0.2) is 0 Å². The molecule has 0 radical (unpaired) electrons. The van der Waals surface area contributed by atoms with E-state index in [9.17, 15) is 0 Å². The summed E-state index contributed by atoms with van der Waals surface area (Å²) in [7, 11) is 0. The molecule has 0 unspecified atom stereocenters. The second-order valence-corrected chi connectivity index (χ2v) is 5.43. The molecule has 1 aromatic rings. The molecule has 0 amide bonds. The highest BCUT2D eigenvalue weighted by atomic mass is 32.1. The third kappa shape index (κ3) is 2.36. The molecule has 1 aliphatic heterocycles. The maximum atomic E-state index is 5.71. The topological polar surface area (TPSA) is 51.4 Å². The molecule has 0 spiro atoms. The van der Waals surface area contributed by atoms with Crippen molar-refractivity contribution in [3.8, 4) is 0 Å². The molecule has 0 aliphatic carbocycles. The number of rotatable bonds is 2. The van der Waals surface area contributed by atoms with Crippen LogP contribution in [0.2, 0.25) is 0 Å². The van der Waals surface area contributed by atoms with Crippen LogP contribution in [0.3, 0.4) is 0 Å². The summed E-state index contributed by atoms with van der Waals surface area (Å²) in [4.78, 5) is 8.07. The van der Waals surface area contributed by atoms with Gasteiger partial charge in [0.2, 0.25) is 0 Å². The molecule has 90 valence electrons. The first-order chi connectivity index (χ1) is 7.60. The quantitative estimate of drug-likeness (QED) is 0.853. The molecule has 2 rings (SSSR count). The number of aromatic nitrogens is 1. The van der Waals surface area contributed by atoms with Gasteiger partial charge >= 0.3 is 0 Å². The number of thiazole rings is 1. The van der Waals surface area contributed by atoms with Crippen molar-refractivity contribution in [2.24, 2.45) is 5.73 Å². The zero-order chi connectivity index (χ0) is 11.7. The summed E-state index contributed by atoms with van der Waals surface area (Å²) >= 11 is 1.70. The Balaban J connectivity index is 2.16. The summed E-state index contributed by atoms with van der Waals surface area (Å²) in [6, 6.07) is 0. The molecule has 2 N–H and O–H groups in total. The van der Waals surface area contributed by atoms with Crippen LogP contribution in [0.25, 0.3) is 0 Å². The number of aryl methyl sites for hydroxylation is 1. The summed E-state index contributed by atoms with van der Waals surface area (Å²) in [6.45, 7) is 8.65. The van der Waals surface area contributed by atoms with Gasteiger partial charge in [0.05, 0.1) is 17.9 Å². The normalized spacial score (nSPS) is 26.1. The van der Waals surface area contributed by atoms with Crippen LogP contribution in [0, 0.1) is 6.92 Å². The van der Waals surface area contributed by atoms with E-state index in [4.69, 9.17) is 10.5 Å². The monoisotopic (exact) mass is 241 g/mol. The molecule has 1 aromatic heterocycles. The average molecular weight is 241 g/mol. The molecule has 2 heterocycles. The number of nitrogens with zero attached hydrogens (tertiary/aromatic N) is 2. The number of anilines is 1. The van der Waals surface area contributed by atoms with Gasteiger partial charge in [0.25, 0.3) is 0 Å². The molecular weight excluding hydrogens is 222 g/mol. The van der Waals surface area contributed by atoms with Gasteiger partial charge in [-0.05, 0) is 20.8 Å². The second kappa shape index (κ2) is 4.69. The first kappa shape index (κ1) is 11.8. The van der Waals surface area contributed by atoms with Gasteiger partial charge in [-0.25, -0.2) is 4.98 Å². The molecule has 0 saturated carbocycles. The van der Waals surface area contributed by atoms with E-state index in [0.717, 1.165) is 23.9 Å². The lowest BCUT2D eigenvalue weighted by atomic mass is 10.2. The zero-order valence-corrected chi connectivity index (χ0v) is 10.9. The lowest BCUT2D eigenvalue weighted by Crippen LogP contribution is -2.45. The van der Waals surface area contributed by atoms with E-state index in [1.807, 2.05) is 6.92 Å². The Hall–Kier alpha value is -0.650. The number of ether oxygens (including phenoxy) is 1. The zero-order valence-electron chi connectivity index (χ0n) is 10.1. The average Bonchev–Trinajstić information content (AvgIpc) is 2.58. The first-order valence-electron chi connectivity index (χ1n) is 5.67. The minimum absolute atomic E-state index is 0.272. The van der Waals surface area contributed by atoms with Crippen molar-refractivity contribution < 1.29 is 4.74 Å². The number of hydrogen-bond donors (Lipinski definition) is 1. The Morgan fingerprint density at radius 3 is 2.56 bits per heavy atom. The molecule has 0 bridgehead atoms. The molecule has 5 heteroatoms. The predicted octanol–water partition coefficient (Wildman–Crippen LogP) is 1.52. The van der Waals surface area contributed by atoms with Gasteiger partial charge in [-0.15, -0.1) is 11.3 Å². The van der Waals surface area contributed by atoms with Gasteiger partial charge in [0.15, 0.2) is 5.13 Å². The van der Waals surface area contributed by atoms with Crippen molar-refractivity contribution in [3.05, 3.63) is 10.6 Å². The fourth-order valence-corrected chi connectivity index (χ4v) is 3.03. The summed E-state index contributed by atoms with van der Waals surface area (Å²) < 4.78 is 5.71. The number of hydrogen-bond acceptors (Lipinski definition) is 5. The second-order valence-electron chi connectivity index (χ2n) is 4.37. The number of nitrogens with two attached hydrogens (primary N) is 1. The van der Waals surface area contributed by atoms with E-state index in [2.05, 4.69) is 23.7 Å². The van der Waals surface area contributed by atoms with Crippen molar-refractivity contribution >= 4 is 16.5 Å². The summed E-state index contributed by atoms with van der Waals surface area (Å²) in [5, 5.41) is 1.08. The van der Waals surface area contributed by atoms with Crippen LogP contribution in [0.1, 0.15) is 24.4 Å². The lowest BCUT2D eigenvalue weighted by molar-refractivity contribution is -0.00523. The molecular formula is C11H19N3OS. The van der Waals surface area contributed by atoms with Crippen LogP contribution >= 0.6 is 11.3 Å². The Bertz CT molecular complexity index is 356. The van der Waals surface area contributed by atoms with E-state index in [1.54, 1.807) is 11.3 Å². The van der Waals surface area contributed by atoms with Gasteiger partial charge in [0.1, 0.15) is 0 Å². The molecule has 0 aromatic carbocycles. The van der Waals surface area contributed by atoms with E-state index < -0.39 is 0 Å². The molecule has 2 atom stereocenters. The van der Waals surface area contributed by atoms with Crippen LogP contribution in [-0.2, 0) is 11.3 Å². The van der Waals surface area contributed by atoms with E-state index in [0.29, 0.717) is 6.54 Å². The van der Waals surface area contributed by atoms with Crippen molar-refractivity contribution in [3.63, 3.8) is 0 Å². The Morgan fingerprint density at radius 2 is 2.06 bits per heavy atom. The predicted molar refractivity (Wildman–Crippen MR) is 67.0 cm³/mol. The summed E-state index contributed by atoms with van der Waals surface area (Å²) in [6.07, 6.45) is 0.545. The maximum Gasteiger partial charge on any atom is 0.185 e. The minimum atomic E-state index is 0.272. The van der Waals surface area contributed by atoms with Crippen LogP contribution in [-0.4, -0.2) is 30.3 Å². The van der Waals surface area contributed by atoms with Gasteiger partial charge in [-0.3, -0.25) is 0 Å². The van der Waals surface area contributed by atoms with Crippen LogP contribution < -0.4 is 10.6 Å². The fourth-order valence-electron chi connectivity index (χ4n) is 2.07. The van der Waals surface area contributed by atoms with E-state index in [-0.39, 0.29) is 12.2 Å². The maximum absolute atomic E-state index is 5.71. The highest BCUT2D eigenvalue weighted by Gasteiger charge is 2.24. The summed E-state index contributed by atoms with van der Waals surface area (Å²) in [5.41, 5.74) is 6.74. The van der Waals surface area contributed by atoms with Gasteiger partial charge in [-0.2, -0.15) is 0 Å². The largest absolute Gasteiger partial charge is 0.372 e. The molecule has 1 saturated heterocycles. The molecule has 1 fully saturated rings. The van der Waals surface area contributed by atoms with Crippen LogP contribution in [0.5, 0.6) is 0 Å². The lowest BCUT2D eigenvalue weighted by Gasteiger charge is -2.35. The Labute approximate surface area is 100 Å². The molecule has 4 nitrogen and oxygen atoms in total. The van der Waals surface area contributed by atoms with E-state index >= 15 is 0 Å². The smallest absolute Gasteiger partial charge is 0.185 e. The number of morpholine rings is 1. The van der Waals surface area contributed by atoms with Gasteiger partial charge < -0.3 is 15.4 Å². The third-order valence-corrected chi connectivity index (χ3v) is 4.00. The van der Waals surface area contributed by atoms with Crippen molar-refractivity contribution in [1.29, 1.82) is 0 Å². The van der Waals surface area contributed by atoms with Crippen LogP contribution in [0.4, 0.5) is 5.13 Å². The Morgan fingerprint density at radius 1 is 1.44 bits per heavy atom. The third-order valence-electron chi connectivity index (χ3n) is 2.76. The first-order valence-corrected chi connectivity index (χ1v) is 6.48. The fraction of sp³-hybridized carbons (Fsp3) is 0.727. The molecule has 16 heavy (non-hydrogen) atoms. The standard InChI is InChI=1S/C11H19N3OS/c1-7-5-14(6-8(2)15-7)11-13-9(3)10(4-12)16-11/h7-8H,4-6,12H2,1-3H3/t7-,8+. The van der Waals surface area contributed by atoms with Crippen molar-refractivity contribution in [2.45, 2.75) is 39.5 Å². The van der Waals surface area contributed by atoms with Crippen molar-refractivity contribution in [2.75, 3.05) is 18.0 Å². The minimum Gasteiger partial charge on any atom is -0.372 e.